The molecule has 1 saturated carbocycles. The first kappa shape index (κ1) is 23.1. The molecule has 0 bridgehead atoms. The second-order valence-corrected chi connectivity index (χ2v) is 11.6. The van der Waals surface area contributed by atoms with Gasteiger partial charge in [-0.1, -0.05) is 66.5 Å². The minimum Gasteiger partial charge on any atom is -0.507 e. The first-order valence-corrected chi connectivity index (χ1v) is 11.8. The molecule has 2 aliphatic rings. The minimum atomic E-state index is -0.106. The molecule has 4 heteroatoms. The number of hydrogen-bond acceptors (Lipinski definition) is 3. The van der Waals surface area contributed by atoms with Gasteiger partial charge in [-0.2, -0.15) is 0 Å². The largest absolute Gasteiger partial charge is 0.507 e. The Bertz CT molecular complexity index is 708. The van der Waals surface area contributed by atoms with Crippen molar-refractivity contribution in [1.29, 1.82) is 0 Å². The molecule has 1 saturated heterocycles. The fraction of sp³-hybridized carbons (Fsp3) is 0.731. The second-order valence-electron chi connectivity index (χ2n) is 11.6. The molecule has 0 atom stereocenters. The predicted octanol–water partition coefficient (Wildman–Crippen LogP) is 5.26. The number of amides is 1. The van der Waals surface area contributed by atoms with Crippen molar-refractivity contribution in [3.8, 4) is 5.75 Å². The number of hydrogen-bond donors (Lipinski definition) is 2. The van der Waals surface area contributed by atoms with Crippen molar-refractivity contribution in [3.63, 3.8) is 0 Å². The average molecular weight is 415 g/mol. The van der Waals surface area contributed by atoms with E-state index in [1.807, 2.05) is 0 Å². The average Bonchev–Trinajstić information content (AvgIpc) is 3.14. The zero-order valence-corrected chi connectivity index (χ0v) is 20.0. The topological polar surface area (TPSA) is 52.6 Å². The Labute approximate surface area is 183 Å². The first-order valence-electron chi connectivity index (χ1n) is 11.8. The molecule has 3 rings (SSSR count). The van der Waals surface area contributed by atoms with E-state index >= 15 is 0 Å². The summed E-state index contributed by atoms with van der Waals surface area (Å²) < 4.78 is 0. The molecule has 1 aliphatic heterocycles. The molecule has 2 fully saturated rings. The summed E-state index contributed by atoms with van der Waals surface area (Å²) in [5.74, 6) is 0.884. The summed E-state index contributed by atoms with van der Waals surface area (Å²) in [6.07, 6.45) is 6.69. The molecule has 1 aromatic carbocycles. The van der Waals surface area contributed by atoms with Crippen LogP contribution in [0.4, 0.5) is 0 Å². The van der Waals surface area contributed by atoms with Crippen molar-refractivity contribution < 1.29 is 9.90 Å². The van der Waals surface area contributed by atoms with Gasteiger partial charge in [0.05, 0.1) is 0 Å². The Kier molecular flexibility index (Phi) is 6.86. The van der Waals surface area contributed by atoms with Gasteiger partial charge in [0.2, 0.25) is 5.91 Å². The van der Waals surface area contributed by atoms with E-state index in [0.29, 0.717) is 11.8 Å². The number of benzene rings is 1. The lowest BCUT2D eigenvalue weighted by Crippen LogP contribution is -2.43. The Hall–Kier alpha value is -1.55. The summed E-state index contributed by atoms with van der Waals surface area (Å²) in [6.45, 7) is 15.8. The molecule has 1 aliphatic carbocycles. The third-order valence-electron chi connectivity index (χ3n) is 6.85. The van der Waals surface area contributed by atoms with E-state index in [1.165, 1.54) is 18.4 Å². The molecule has 168 valence electrons. The summed E-state index contributed by atoms with van der Waals surface area (Å²) in [5, 5.41) is 14.2. The van der Waals surface area contributed by atoms with Crippen molar-refractivity contribution in [3.05, 3.63) is 28.8 Å². The number of carbonyl (C=O) groups excluding carboxylic acids is 1. The van der Waals surface area contributed by atoms with Crippen LogP contribution in [0.1, 0.15) is 96.8 Å². The van der Waals surface area contributed by atoms with Gasteiger partial charge in [0, 0.05) is 18.5 Å². The van der Waals surface area contributed by atoms with Crippen LogP contribution in [-0.2, 0) is 22.2 Å². The van der Waals surface area contributed by atoms with Crippen LogP contribution in [0.3, 0.4) is 0 Å². The highest BCUT2D eigenvalue weighted by atomic mass is 16.3. The van der Waals surface area contributed by atoms with Gasteiger partial charge < -0.3 is 10.4 Å². The maximum atomic E-state index is 12.6. The fourth-order valence-electron chi connectivity index (χ4n) is 4.93. The lowest BCUT2D eigenvalue weighted by Gasteiger charge is -2.33. The molecule has 0 radical (unpaired) electrons. The quantitative estimate of drug-likeness (QED) is 0.707. The van der Waals surface area contributed by atoms with E-state index in [0.717, 1.165) is 56.4 Å². The van der Waals surface area contributed by atoms with E-state index < -0.39 is 0 Å². The molecule has 1 amide bonds. The highest BCUT2D eigenvalue weighted by Crippen LogP contribution is 2.40. The molecule has 4 nitrogen and oxygen atoms in total. The Morgan fingerprint density at radius 1 is 0.967 bits per heavy atom. The summed E-state index contributed by atoms with van der Waals surface area (Å²) in [5.41, 5.74) is 3.10. The molecule has 0 aromatic heterocycles. The Balaban J connectivity index is 1.66. The Morgan fingerprint density at radius 2 is 1.47 bits per heavy atom. The van der Waals surface area contributed by atoms with Gasteiger partial charge in [0.15, 0.2) is 0 Å². The summed E-state index contributed by atoms with van der Waals surface area (Å²) in [7, 11) is 0. The van der Waals surface area contributed by atoms with Gasteiger partial charge >= 0.3 is 0 Å². The van der Waals surface area contributed by atoms with Crippen LogP contribution in [0.5, 0.6) is 5.75 Å². The number of phenols is 1. The molecule has 0 spiro atoms. The van der Waals surface area contributed by atoms with Crippen molar-refractivity contribution in [2.45, 2.75) is 103 Å². The second kappa shape index (κ2) is 8.90. The van der Waals surface area contributed by atoms with Crippen LogP contribution >= 0.6 is 0 Å². The van der Waals surface area contributed by atoms with Gasteiger partial charge in [-0.15, -0.1) is 0 Å². The van der Waals surface area contributed by atoms with Crippen LogP contribution in [0.15, 0.2) is 12.1 Å². The number of rotatable bonds is 4. The van der Waals surface area contributed by atoms with Crippen LogP contribution in [-0.4, -0.2) is 35.0 Å². The monoisotopic (exact) mass is 414 g/mol. The molecule has 1 heterocycles. The summed E-state index contributed by atoms with van der Waals surface area (Å²) in [4.78, 5) is 15.1. The number of phenolic OH excluding ortho intramolecular Hbond substituents is 1. The summed E-state index contributed by atoms with van der Waals surface area (Å²) in [6, 6.07) is 4.78. The normalized spacial score (nSPS) is 19.9. The molecular formula is C26H42N2O2. The van der Waals surface area contributed by atoms with Crippen LogP contribution in [0.25, 0.3) is 0 Å². The van der Waals surface area contributed by atoms with E-state index in [-0.39, 0.29) is 22.7 Å². The third kappa shape index (κ3) is 5.57. The zero-order valence-electron chi connectivity index (χ0n) is 20.0. The fourth-order valence-corrected chi connectivity index (χ4v) is 4.93. The molecule has 0 unspecified atom stereocenters. The van der Waals surface area contributed by atoms with Gasteiger partial charge in [0.25, 0.3) is 0 Å². The standard InChI is InChI=1S/C26H42N2O2/c1-25(2,3)21-15-18(16-22(23(21)29)26(4,5)6)17-28-13-11-19(12-14-28)24(30)27-20-9-7-8-10-20/h15-16,19-20,29H,7-14,17H2,1-6H3,(H,27,30). The number of aromatic hydroxyl groups is 1. The highest BCUT2D eigenvalue weighted by molar-refractivity contribution is 5.79. The van der Waals surface area contributed by atoms with E-state index in [2.05, 4.69) is 63.9 Å². The molecular weight excluding hydrogens is 372 g/mol. The molecule has 30 heavy (non-hydrogen) atoms. The van der Waals surface area contributed by atoms with E-state index in [1.54, 1.807) is 0 Å². The van der Waals surface area contributed by atoms with Crippen LogP contribution in [0.2, 0.25) is 0 Å². The highest BCUT2D eigenvalue weighted by Gasteiger charge is 2.29. The maximum Gasteiger partial charge on any atom is 0.223 e. The van der Waals surface area contributed by atoms with Gasteiger partial charge in [0.1, 0.15) is 5.75 Å². The van der Waals surface area contributed by atoms with E-state index in [4.69, 9.17) is 0 Å². The number of nitrogens with zero attached hydrogens (tertiary/aromatic N) is 1. The zero-order chi connectivity index (χ0) is 22.1. The van der Waals surface area contributed by atoms with Crippen molar-refractivity contribution in [2.24, 2.45) is 5.92 Å². The van der Waals surface area contributed by atoms with Crippen LogP contribution < -0.4 is 5.32 Å². The third-order valence-corrected chi connectivity index (χ3v) is 6.85. The first-order chi connectivity index (χ1) is 13.9. The lowest BCUT2D eigenvalue weighted by atomic mass is 9.78. The van der Waals surface area contributed by atoms with Gasteiger partial charge in [-0.25, -0.2) is 0 Å². The number of carbonyl (C=O) groups is 1. The molecule has 2 N–H and O–H groups in total. The Morgan fingerprint density at radius 3 is 1.93 bits per heavy atom. The van der Waals surface area contributed by atoms with Crippen LogP contribution in [0, 0.1) is 5.92 Å². The number of nitrogens with one attached hydrogen (secondary N) is 1. The maximum absolute atomic E-state index is 12.6. The number of likely N-dealkylation sites (tertiary alicyclic amines) is 1. The molecule has 1 aromatic rings. The smallest absolute Gasteiger partial charge is 0.223 e. The number of piperidine rings is 1. The van der Waals surface area contributed by atoms with Gasteiger partial charge in [-0.05, 0) is 66.3 Å². The SMILES string of the molecule is CC(C)(C)c1cc(CN2CCC(C(=O)NC3CCCC3)CC2)cc(C(C)(C)C)c1O. The van der Waals surface area contributed by atoms with Crippen molar-refractivity contribution in [1.82, 2.24) is 10.2 Å². The van der Waals surface area contributed by atoms with Crippen molar-refractivity contribution >= 4 is 5.91 Å². The summed E-state index contributed by atoms with van der Waals surface area (Å²) >= 11 is 0. The lowest BCUT2D eigenvalue weighted by molar-refractivity contribution is -0.127. The minimum absolute atomic E-state index is 0.106. The van der Waals surface area contributed by atoms with Crippen molar-refractivity contribution in [2.75, 3.05) is 13.1 Å². The van der Waals surface area contributed by atoms with E-state index in [9.17, 15) is 9.90 Å². The van der Waals surface area contributed by atoms with Gasteiger partial charge in [-0.3, -0.25) is 9.69 Å². The predicted molar refractivity (Wildman–Crippen MR) is 124 cm³/mol.